The molecule has 0 aliphatic carbocycles. The maximum Gasteiger partial charge on any atom is 0.122 e. The molecule has 2 heterocycles. The molecule has 20 heavy (non-hydrogen) atoms. The SMILES string of the molecule is CCC(N)C(c1ccc(C)o1)N(C)CCN1CCCC1. The number of nitrogens with two attached hydrogens (primary N) is 1. The Hall–Kier alpha value is -0.840. The molecule has 2 rings (SSSR count). The molecule has 0 radical (unpaired) electrons. The third-order valence-electron chi connectivity index (χ3n) is 4.37. The molecule has 0 aromatic carbocycles. The summed E-state index contributed by atoms with van der Waals surface area (Å²) < 4.78 is 5.83. The standard InChI is InChI=1S/C16H29N3O/c1-4-14(17)16(15-8-7-13(2)20-15)18(3)11-12-19-9-5-6-10-19/h7-8,14,16H,4-6,9-12,17H2,1-3H3. The summed E-state index contributed by atoms with van der Waals surface area (Å²) in [6.45, 7) is 8.79. The first-order valence-corrected chi connectivity index (χ1v) is 7.86. The maximum atomic E-state index is 6.33. The largest absolute Gasteiger partial charge is 0.465 e. The van der Waals surface area contributed by atoms with Crippen molar-refractivity contribution in [2.45, 2.75) is 45.2 Å². The van der Waals surface area contributed by atoms with E-state index in [1.807, 2.05) is 13.0 Å². The van der Waals surface area contributed by atoms with Gasteiger partial charge in [-0.15, -0.1) is 0 Å². The van der Waals surface area contributed by atoms with Crippen molar-refractivity contribution < 1.29 is 4.42 Å². The molecule has 1 aliphatic rings. The minimum absolute atomic E-state index is 0.115. The summed E-state index contributed by atoms with van der Waals surface area (Å²) in [7, 11) is 2.16. The third kappa shape index (κ3) is 3.84. The van der Waals surface area contributed by atoms with E-state index in [0.29, 0.717) is 0 Å². The molecule has 0 amide bonds. The molecule has 114 valence electrons. The van der Waals surface area contributed by atoms with Crippen molar-refractivity contribution in [3.8, 4) is 0 Å². The number of nitrogens with zero attached hydrogens (tertiary/aromatic N) is 2. The maximum absolute atomic E-state index is 6.33. The Balaban J connectivity index is 1.98. The van der Waals surface area contributed by atoms with Gasteiger partial charge in [0.2, 0.25) is 0 Å². The van der Waals surface area contributed by atoms with E-state index in [1.165, 1.54) is 25.9 Å². The topological polar surface area (TPSA) is 45.6 Å². The molecule has 1 saturated heterocycles. The Kier molecular flexibility index (Phi) is 5.64. The van der Waals surface area contributed by atoms with Crippen molar-refractivity contribution in [1.82, 2.24) is 9.80 Å². The molecule has 1 aliphatic heterocycles. The van der Waals surface area contributed by atoms with Crippen LogP contribution in [0.1, 0.15) is 43.7 Å². The number of likely N-dealkylation sites (N-methyl/N-ethyl adjacent to an activating group) is 1. The Morgan fingerprint density at radius 2 is 2.05 bits per heavy atom. The smallest absolute Gasteiger partial charge is 0.122 e. The van der Waals surface area contributed by atoms with Crippen LogP contribution < -0.4 is 5.73 Å². The summed E-state index contributed by atoms with van der Waals surface area (Å²) in [4.78, 5) is 4.89. The Labute approximate surface area is 122 Å². The summed E-state index contributed by atoms with van der Waals surface area (Å²) in [5.74, 6) is 1.96. The van der Waals surface area contributed by atoms with Gasteiger partial charge >= 0.3 is 0 Å². The number of hydrogen-bond acceptors (Lipinski definition) is 4. The minimum atomic E-state index is 0.115. The molecular formula is C16H29N3O. The van der Waals surface area contributed by atoms with Crippen LogP contribution in [0.15, 0.2) is 16.5 Å². The van der Waals surface area contributed by atoms with Crippen LogP contribution in [-0.2, 0) is 0 Å². The van der Waals surface area contributed by atoms with Crippen LogP contribution in [0.2, 0.25) is 0 Å². The summed E-state index contributed by atoms with van der Waals surface area (Å²) in [5.41, 5.74) is 6.33. The number of hydrogen-bond donors (Lipinski definition) is 1. The fourth-order valence-electron chi connectivity index (χ4n) is 3.04. The van der Waals surface area contributed by atoms with Crippen molar-refractivity contribution in [1.29, 1.82) is 0 Å². The van der Waals surface area contributed by atoms with E-state index >= 15 is 0 Å². The van der Waals surface area contributed by atoms with E-state index in [9.17, 15) is 0 Å². The molecule has 1 aromatic rings. The molecule has 0 spiro atoms. The second-order valence-electron chi connectivity index (χ2n) is 5.99. The van der Waals surface area contributed by atoms with Gasteiger partial charge in [0.15, 0.2) is 0 Å². The Bertz CT molecular complexity index is 398. The lowest BCUT2D eigenvalue weighted by Gasteiger charge is -2.32. The van der Waals surface area contributed by atoms with E-state index in [-0.39, 0.29) is 12.1 Å². The monoisotopic (exact) mass is 279 g/mol. The molecular weight excluding hydrogens is 250 g/mol. The molecule has 1 aromatic heterocycles. The van der Waals surface area contributed by atoms with Crippen LogP contribution in [0.3, 0.4) is 0 Å². The van der Waals surface area contributed by atoms with Gasteiger partial charge in [-0.3, -0.25) is 4.90 Å². The predicted octanol–water partition coefficient (Wildman–Crippen LogP) is 2.39. The highest BCUT2D eigenvalue weighted by Gasteiger charge is 2.26. The normalized spacial score (nSPS) is 19.6. The molecule has 1 fully saturated rings. The van der Waals surface area contributed by atoms with Crippen LogP contribution >= 0.6 is 0 Å². The average molecular weight is 279 g/mol. The Morgan fingerprint density at radius 1 is 1.35 bits per heavy atom. The molecule has 2 unspecified atom stereocenters. The highest BCUT2D eigenvalue weighted by atomic mass is 16.3. The fraction of sp³-hybridized carbons (Fsp3) is 0.750. The van der Waals surface area contributed by atoms with Crippen molar-refractivity contribution >= 4 is 0 Å². The quantitative estimate of drug-likeness (QED) is 0.832. The van der Waals surface area contributed by atoms with Crippen LogP contribution in [0, 0.1) is 6.92 Å². The predicted molar refractivity (Wildman–Crippen MR) is 82.8 cm³/mol. The van der Waals surface area contributed by atoms with Gasteiger partial charge in [-0.05, 0) is 58.5 Å². The van der Waals surface area contributed by atoms with E-state index < -0.39 is 0 Å². The van der Waals surface area contributed by atoms with Gasteiger partial charge < -0.3 is 15.1 Å². The molecule has 2 N–H and O–H groups in total. The summed E-state index contributed by atoms with van der Waals surface area (Å²) in [6, 6.07) is 4.39. The lowest BCUT2D eigenvalue weighted by Crippen LogP contribution is -2.41. The first-order valence-electron chi connectivity index (χ1n) is 7.86. The van der Waals surface area contributed by atoms with Gasteiger partial charge in [0.1, 0.15) is 11.5 Å². The van der Waals surface area contributed by atoms with E-state index in [2.05, 4.69) is 29.8 Å². The summed E-state index contributed by atoms with van der Waals surface area (Å²) in [6.07, 6.45) is 3.65. The number of likely N-dealkylation sites (tertiary alicyclic amines) is 1. The highest BCUT2D eigenvalue weighted by Crippen LogP contribution is 2.25. The van der Waals surface area contributed by atoms with Gasteiger partial charge in [0.25, 0.3) is 0 Å². The first-order chi connectivity index (χ1) is 9.61. The van der Waals surface area contributed by atoms with E-state index in [0.717, 1.165) is 31.0 Å². The fourth-order valence-corrected chi connectivity index (χ4v) is 3.04. The Morgan fingerprint density at radius 3 is 2.60 bits per heavy atom. The molecule has 2 atom stereocenters. The van der Waals surface area contributed by atoms with Gasteiger partial charge in [-0.25, -0.2) is 0 Å². The lowest BCUT2D eigenvalue weighted by molar-refractivity contribution is 0.161. The van der Waals surface area contributed by atoms with E-state index in [4.69, 9.17) is 10.2 Å². The summed E-state index contributed by atoms with van der Waals surface area (Å²) >= 11 is 0. The molecule has 4 heteroatoms. The number of rotatable bonds is 7. The van der Waals surface area contributed by atoms with Gasteiger partial charge in [-0.1, -0.05) is 6.92 Å². The van der Waals surface area contributed by atoms with Crippen molar-refractivity contribution in [2.75, 3.05) is 33.2 Å². The average Bonchev–Trinajstić information content (AvgIpc) is 3.08. The zero-order valence-corrected chi connectivity index (χ0v) is 13.1. The van der Waals surface area contributed by atoms with Crippen LogP contribution in [0.4, 0.5) is 0 Å². The van der Waals surface area contributed by atoms with Gasteiger partial charge in [0, 0.05) is 19.1 Å². The van der Waals surface area contributed by atoms with Crippen LogP contribution in [0.5, 0.6) is 0 Å². The molecule has 0 saturated carbocycles. The zero-order valence-electron chi connectivity index (χ0n) is 13.1. The van der Waals surface area contributed by atoms with Gasteiger partial charge in [0.05, 0.1) is 6.04 Å². The van der Waals surface area contributed by atoms with Crippen LogP contribution in [0.25, 0.3) is 0 Å². The van der Waals surface area contributed by atoms with E-state index in [1.54, 1.807) is 0 Å². The lowest BCUT2D eigenvalue weighted by atomic mass is 10.0. The van der Waals surface area contributed by atoms with Crippen LogP contribution in [-0.4, -0.2) is 49.1 Å². The number of aryl methyl sites for hydroxylation is 1. The van der Waals surface area contributed by atoms with Crippen molar-refractivity contribution in [3.63, 3.8) is 0 Å². The zero-order chi connectivity index (χ0) is 14.5. The second-order valence-corrected chi connectivity index (χ2v) is 5.99. The van der Waals surface area contributed by atoms with Gasteiger partial charge in [-0.2, -0.15) is 0 Å². The third-order valence-corrected chi connectivity index (χ3v) is 4.37. The van der Waals surface area contributed by atoms with Crippen molar-refractivity contribution in [3.05, 3.63) is 23.7 Å². The van der Waals surface area contributed by atoms with Crippen molar-refractivity contribution in [2.24, 2.45) is 5.73 Å². The minimum Gasteiger partial charge on any atom is -0.465 e. The second kappa shape index (κ2) is 7.25. The molecule has 4 nitrogen and oxygen atoms in total. The highest BCUT2D eigenvalue weighted by molar-refractivity contribution is 5.12. The molecule has 0 bridgehead atoms. The first kappa shape index (κ1) is 15.5. The summed E-state index contributed by atoms with van der Waals surface area (Å²) in [5, 5.41) is 0. The number of furan rings is 1.